The van der Waals surface area contributed by atoms with Gasteiger partial charge >= 0.3 is 0 Å². The number of amides is 1. The van der Waals surface area contributed by atoms with Crippen LogP contribution in [0.1, 0.15) is 35.3 Å². The monoisotopic (exact) mass is 355 g/mol. The smallest absolute Gasteiger partial charge is 0.274 e. The van der Waals surface area contributed by atoms with Crippen molar-refractivity contribution in [1.82, 2.24) is 19.7 Å². The fourth-order valence-electron chi connectivity index (χ4n) is 3.26. The van der Waals surface area contributed by atoms with Gasteiger partial charge < -0.3 is 14.0 Å². The van der Waals surface area contributed by atoms with E-state index in [1.54, 1.807) is 7.11 Å². The third kappa shape index (κ3) is 3.21. The number of fused-ring (bicyclic) bond motifs is 1. The van der Waals surface area contributed by atoms with Gasteiger partial charge in [-0.3, -0.25) is 15.2 Å². The Hall–Kier alpha value is -2.71. The molecule has 0 saturated carbocycles. The standard InChI is InChI=1S/C18H21N5O3/c1-25-10-8-23-13-6-3-2-5-12(13)11-14(23)17(24)20-18-19-16(21-22-18)15-7-4-9-26-15/h2-3,5-6,11,15H,4,7-10H2,1H3,(H2,19,20,21,22,24)/t15-/m1/s1. The quantitative estimate of drug-likeness (QED) is 0.708. The lowest BCUT2D eigenvalue weighted by Crippen LogP contribution is -2.19. The van der Waals surface area contributed by atoms with Crippen molar-refractivity contribution >= 4 is 22.8 Å². The average molecular weight is 355 g/mol. The van der Waals surface area contributed by atoms with Gasteiger partial charge in [0.15, 0.2) is 5.82 Å². The minimum atomic E-state index is -0.254. The number of rotatable bonds is 6. The number of carbonyl (C=O) groups is 1. The maximum absolute atomic E-state index is 12.8. The Morgan fingerprint density at radius 3 is 3.15 bits per heavy atom. The molecule has 2 aromatic heterocycles. The van der Waals surface area contributed by atoms with E-state index in [0.717, 1.165) is 30.4 Å². The first-order valence-corrected chi connectivity index (χ1v) is 8.68. The van der Waals surface area contributed by atoms with Crippen molar-refractivity contribution in [1.29, 1.82) is 0 Å². The summed E-state index contributed by atoms with van der Waals surface area (Å²) < 4.78 is 12.7. The number of para-hydroxylation sites is 1. The number of nitrogens with one attached hydrogen (secondary N) is 2. The maximum Gasteiger partial charge on any atom is 0.274 e. The van der Waals surface area contributed by atoms with E-state index in [-0.39, 0.29) is 18.0 Å². The van der Waals surface area contributed by atoms with Gasteiger partial charge in [0.1, 0.15) is 11.8 Å². The van der Waals surface area contributed by atoms with Crippen molar-refractivity contribution in [2.45, 2.75) is 25.5 Å². The number of methoxy groups -OCH3 is 1. The highest BCUT2D eigenvalue weighted by atomic mass is 16.5. The second kappa shape index (κ2) is 7.27. The number of aromatic amines is 1. The van der Waals surface area contributed by atoms with Crippen LogP contribution in [0.15, 0.2) is 30.3 Å². The van der Waals surface area contributed by atoms with E-state index in [0.29, 0.717) is 24.7 Å². The molecule has 1 amide bonds. The zero-order valence-electron chi connectivity index (χ0n) is 14.6. The Kier molecular flexibility index (Phi) is 4.68. The maximum atomic E-state index is 12.8. The van der Waals surface area contributed by atoms with Gasteiger partial charge in [-0.1, -0.05) is 18.2 Å². The summed E-state index contributed by atoms with van der Waals surface area (Å²) in [5.41, 5.74) is 1.54. The second-order valence-electron chi connectivity index (χ2n) is 6.23. The fraction of sp³-hybridized carbons (Fsp3) is 0.389. The molecule has 3 heterocycles. The molecule has 3 aromatic rings. The van der Waals surface area contributed by atoms with E-state index in [1.165, 1.54) is 0 Å². The van der Waals surface area contributed by atoms with Crippen LogP contribution in [0.4, 0.5) is 5.95 Å². The van der Waals surface area contributed by atoms with Crippen LogP contribution in [0.2, 0.25) is 0 Å². The van der Waals surface area contributed by atoms with Crippen LogP contribution in [0.3, 0.4) is 0 Å². The number of H-pyrrole nitrogens is 1. The van der Waals surface area contributed by atoms with E-state index in [1.807, 2.05) is 34.9 Å². The Balaban J connectivity index is 1.57. The molecule has 0 radical (unpaired) electrons. The third-order valence-corrected chi connectivity index (χ3v) is 4.52. The molecule has 26 heavy (non-hydrogen) atoms. The number of ether oxygens (including phenoxy) is 2. The molecule has 1 aliphatic rings. The summed E-state index contributed by atoms with van der Waals surface area (Å²) in [6.07, 6.45) is 1.85. The number of hydrogen-bond acceptors (Lipinski definition) is 5. The van der Waals surface area contributed by atoms with E-state index < -0.39 is 0 Å². The molecule has 136 valence electrons. The molecule has 2 N–H and O–H groups in total. The molecule has 8 heteroatoms. The minimum Gasteiger partial charge on any atom is -0.383 e. The molecule has 1 saturated heterocycles. The van der Waals surface area contributed by atoms with Gasteiger partial charge in [-0.15, -0.1) is 5.10 Å². The lowest BCUT2D eigenvalue weighted by molar-refractivity contribution is 0.101. The highest BCUT2D eigenvalue weighted by molar-refractivity contribution is 6.05. The highest BCUT2D eigenvalue weighted by Crippen LogP contribution is 2.26. The summed E-state index contributed by atoms with van der Waals surface area (Å²) in [5, 5.41) is 10.7. The summed E-state index contributed by atoms with van der Waals surface area (Å²) in [6, 6.07) is 9.75. The average Bonchev–Trinajstić information content (AvgIpc) is 3.39. The first-order valence-electron chi connectivity index (χ1n) is 8.68. The van der Waals surface area contributed by atoms with Crippen molar-refractivity contribution in [3.05, 3.63) is 41.9 Å². The predicted molar refractivity (Wildman–Crippen MR) is 96.1 cm³/mol. The lowest BCUT2D eigenvalue weighted by atomic mass is 10.2. The van der Waals surface area contributed by atoms with Crippen LogP contribution in [-0.4, -0.2) is 46.0 Å². The van der Waals surface area contributed by atoms with E-state index in [4.69, 9.17) is 9.47 Å². The van der Waals surface area contributed by atoms with Crippen molar-refractivity contribution in [2.24, 2.45) is 0 Å². The van der Waals surface area contributed by atoms with Crippen molar-refractivity contribution in [3.63, 3.8) is 0 Å². The Labute approximate surface area is 150 Å². The highest BCUT2D eigenvalue weighted by Gasteiger charge is 2.22. The zero-order valence-corrected chi connectivity index (χ0v) is 14.6. The fourth-order valence-corrected chi connectivity index (χ4v) is 3.26. The van der Waals surface area contributed by atoms with Gasteiger partial charge in [-0.25, -0.2) is 0 Å². The Morgan fingerprint density at radius 2 is 2.35 bits per heavy atom. The molecule has 4 rings (SSSR count). The number of benzene rings is 1. The van der Waals surface area contributed by atoms with Crippen LogP contribution in [0.25, 0.3) is 10.9 Å². The molecule has 0 bridgehead atoms. The van der Waals surface area contributed by atoms with Crippen LogP contribution in [-0.2, 0) is 16.0 Å². The van der Waals surface area contributed by atoms with Gasteiger partial charge in [0, 0.05) is 31.2 Å². The van der Waals surface area contributed by atoms with Crippen LogP contribution in [0.5, 0.6) is 0 Å². The molecule has 0 unspecified atom stereocenters. The number of anilines is 1. The van der Waals surface area contributed by atoms with Crippen molar-refractivity contribution in [2.75, 3.05) is 25.6 Å². The second-order valence-corrected chi connectivity index (χ2v) is 6.23. The predicted octanol–water partition coefficient (Wildman–Crippen LogP) is 2.51. The molecular weight excluding hydrogens is 334 g/mol. The van der Waals surface area contributed by atoms with Crippen molar-refractivity contribution in [3.8, 4) is 0 Å². The first-order chi connectivity index (χ1) is 12.8. The summed E-state index contributed by atoms with van der Waals surface area (Å²) >= 11 is 0. The van der Waals surface area contributed by atoms with Crippen LogP contribution in [0, 0.1) is 0 Å². The van der Waals surface area contributed by atoms with Crippen LogP contribution >= 0.6 is 0 Å². The third-order valence-electron chi connectivity index (χ3n) is 4.52. The molecule has 1 fully saturated rings. The summed E-state index contributed by atoms with van der Waals surface area (Å²) in [6.45, 7) is 1.83. The van der Waals surface area contributed by atoms with Crippen molar-refractivity contribution < 1.29 is 14.3 Å². The lowest BCUT2D eigenvalue weighted by Gasteiger charge is -2.09. The zero-order chi connectivity index (χ0) is 17.9. The largest absolute Gasteiger partial charge is 0.383 e. The SMILES string of the molecule is COCCn1c(C(=O)Nc2n[nH]c([C@H]3CCCO3)n2)cc2ccccc21. The number of nitrogens with zero attached hydrogens (tertiary/aromatic N) is 3. The summed E-state index contributed by atoms with van der Waals surface area (Å²) in [4.78, 5) is 17.1. The van der Waals surface area contributed by atoms with Gasteiger partial charge in [0.2, 0.25) is 5.95 Å². The van der Waals surface area contributed by atoms with E-state index in [2.05, 4.69) is 20.5 Å². The molecular formula is C18H21N5O3. The molecule has 1 aliphatic heterocycles. The molecule has 0 aliphatic carbocycles. The molecule has 0 spiro atoms. The summed E-state index contributed by atoms with van der Waals surface area (Å²) in [5.74, 6) is 0.650. The van der Waals surface area contributed by atoms with Gasteiger partial charge in [-0.05, 0) is 25.0 Å². The topological polar surface area (TPSA) is 94.1 Å². The first kappa shape index (κ1) is 16.7. The van der Waals surface area contributed by atoms with Crippen LogP contribution < -0.4 is 5.32 Å². The number of aromatic nitrogens is 4. The van der Waals surface area contributed by atoms with Gasteiger partial charge in [0.05, 0.1) is 6.61 Å². The Morgan fingerprint density at radius 1 is 1.46 bits per heavy atom. The summed E-state index contributed by atoms with van der Waals surface area (Å²) in [7, 11) is 1.64. The molecule has 1 atom stereocenters. The van der Waals surface area contributed by atoms with E-state index >= 15 is 0 Å². The van der Waals surface area contributed by atoms with E-state index in [9.17, 15) is 4.79 Å². The molecule has 1 aromatic carbocycles. The number of carbonyl (C=O) groups excluding carboxylic acids is 1. The molecule has 8 nitrogen and oxygen atoms in total. The van der Waals surface area contributed by atoms with Gasteiger partial charge in [0.25, 0.3) is 5.91 Å². The number of hydrogen-bond donors (Lipinski definition) is 2. The Bertz CT molecular complexity index is 911. The minimum absolute atomic E-state index is 0.0682. The van der Waals surface area contributed by atoms with Gasteiger partial charge in [-0.2, -0.15) is 4.98 Å². The normalized spacial score (nSPS) is 17.0.